The molecule has 0 amide bonds. The van der Waals surface area contributed by atoms with Gasteiger partial charge in [0.05, 0.1) is 19.6 Å². The van der Waals surface area contributed by atoms with Crippen LogP contribution < -0.4 is 9.47 Å². The third-order valence-electron chi connectivity index (χ3n) is 2.91. The van der Waals surface area contributed by atoms with Crippen molar-refractivity contribution in [3.8, 4) is 11.5 Å². The molecule has 2 rings (SSSR count). The second-order valence-corrected chi connectivity index (χ2v) is 4.67. The van der Waals surface area contributed by atoms with Gasteiger partial charge in [-0.3, -0.25) is 4.98 Å². The molecule has 2 aromatic rings. The Morgan fingerprint density at radius 3 is 2.58 bits per heavy atom. The normalized spacial score (nSPS) is 11.9. The standard InChI is InChI=1S/C15H16ClNO2/c1-18-14-6-5-11(9-15(14)19-2)8-13(16)12-4-3-7-17-10-12/h3-7,9-10,13H,8H2,1-2H3. The van der Waals surface area contributed by atoms with Crippen LogP contribution in [-0.2, 0) is 6.42 Å². The molecule has 19 heavy (non-hydrogen) atoms. The molecule has 0 radical (unpaired) electrons. The van der Waals surface area contributed by atoms with Gasteiger partial charge in [-0.2, -0.15) is 0 Å². The maximum atomic E-state index is 6.40. The number of halogens is 1. The summed E-state index contributed by atoms with van der Waals surface area (Å²) in [5.41, 5.74) is 2.11. The number of nitrogens with zero attached hydrogens (tertiary/aromatic N) is 1. The summed E-state index contributed by atoms with van der Waals surface area (Å²) in [5.74, 6) is 1.44. The summed E-state index contributed by atoms with van der Waals surface area (Å²) >= 11 is 6.40. The Morgan fingerprint density at radius 1 is 1.16 bits per heavy atom. The molecule has 0 N–H and O–H groups in total. The lowest BCUT2D eigenvalue weighted by Gasteiger charge is -2.12. The van der Waals surface area contributed by atoms with Crippen LogP contribution >= 0.6 is 11.6 Å². The van der Waals surface area contributed by atoms with Gasteiger partial charge < -0.3 is 9.47 Å². The molecule has 1 atom stereocenters. The van der Waals surface area contributed by atoms with Crippen LogP contribution in [0.15, 0.2) is 42.7 Å². The minimum absolute atomic E-state index is 0.105. The van der Waals surface area contributed by atoms with Crippen molar-refractivity contribution in [2.75, 3.05) is 14.2 Å². The van der Waals surface area contributed by atoms with Crippen LogP contribution in [0.25, 0.3) is 0 Å². The van der Waals surface area contributed by atoms with E-state index >= 15 is 0 Å². The Kier molecular flexibility index (Phi) is 4.63. The number of benzene rings is 1. The van der Waals surface area contributed by atoms with Crippen molar-refractivity contribution < 1.29 is 9.47 Å². The first kappa shape index (κ1) is 13.7. The van der Waals surface area contributed by atoms with Gasteiger partial charge in [0.25, 0.3) is 0 Å². The number of aromatic nitrogens is 1. The molecule has 0 saturated heterocycles. The molecule has 100 valence electrons. The molecule has 0 bridgehead atoms. The molecule has 1 heterocycles. The van der Waals surface area contributed by atoms with Gasteiger partial charge >= 0.3 is 0 Å². The van der Waals surface area contributed by atoms with Gasteiger partial charge in [-0.25, -0.2) is 0 Å². The van der Waals surface area contributed by atoms with Gasteiger partial charge in [-0.15, -0.1) is 11.6 Å². The van der Waals surface area contributed by atoms with E-state index < -0.39 is 0 Å². The zero-order chi connectivity index (χ0) is 13.7. The minimum atomic E-state index is -0.105. The highest BCUT2D eigenvalue weighted by Gasteiger charge is 2.11. The molecular formula is C15H16ClNO2. The summed E-state index contributed by atoms with van der Waals surface area (Å²) in [7, 11) is 3.25. The zero-order valence-corrected chi connectivity index (χ0v) is 11.7. The van der Waals surface area contributed by atoms with E-state index in [2.05, 4.69) is 4.98 Å². The molecule has 1 aromatic carbocycles. The van der Waals surface area contributed by atoms with Gasteiger partial charge in [0, 0.05) is 12.4 Å². The second-order valence-electron chi connectivity index (χ2n) is 4.15. The van der Waals surface area contributed by atoms with Gasteiger partial charge in [0.1, 0.15) is 0 Å². The molecule has 4 heteroatoms. The van der Waals surface area contributed by atoms with E-state index in [1.165, 1.54) is 0 Å². The van der Waals surface area contributed by atoms with Crippen LogP contribution in [0.5, 0.6) is 11.5 Å². The third kappa shape index (κ3) is 3.38. The smallest absolute Gasteiger partial charge is 0.160 e. The quantitative estimate of drug-likeness (QED) is 0.782. The molecule has 3 nitrogen and oxygen atoms in total. The van der Waals surface area contributed by atoms with Crippen LogP contribution in [0.4, 0.5) is 0 Å². The first-order valence-corrected chi connectivity index (χ1v) is 6.43. The fourth-order valence-corrected chi connectivity index (χ4v) is 2.20. The highest BCUT2D eigenvalue weighted by Crippen LogP contribution is 2.31. The average Bonchev–Trinajstić information content (AvgIpc) is 2.48. The predicted molar refractivity (Wildman–Crippen MR) is 76.1 cm³/mol. The Bertz CT molecular complexity index is 531. The largest absolute Gasteiger partial charge is 0.493 e. The van der Waals surface area contributed by atoms with Gasteiger partial charge in [-0.1, -0.05) is 12.1 Å². The second kappa shape index (κ2) is 6.43. The summed E-state index contributed by atoms with van der Waals surface area (Å²) in [5, 5.41) is -0.105. The van der Waals surface area contributed by atoms with E-state index in [1.54, 1.807) is 26.6 Å². The fourth-order valence-electron chi connectivity index (χ4n) is 1.89. The van der Waals surface area contributed by atoms with Crippen molar-refractivity contribution in [3.05, 3.63) is 53.9 Å². The van der Waals surface area contributed by atoms with E-state index in [1.807, 2.05) is 30.3 Å². The summed E-state index contributed by atoms with van der Waals surface area (Å²) in [4.78, 5) is 4.08. The molecule has 0 aliphatic rings. The summed E-state index contributed by atoms with van der Waals surface area (Å²) in [6.45, 7) is 0. The number of alkyl halides is 1. The molecule has 0 aliphatic heterocycles. The molecule has 0 aliphatic carbocycles. The number of methoxy groups -OCH3 is 2. The Balaban J connectivity index is 2.15. The molecular weight excluding hydrogens is 262 g/mol. The maximum Gasteiger partial charge on any atom is 0.160 e. The zero-order valence-electron chi connectivity index (χ0n) is 11.0. The number of ether oxygens (including phenoxy) is 2. The highest BCUT2D eigenvalue weighted by molar-refractivity contribution is 6.20. The van der Waals surface area contributed by atoms with Crippen LogP contribution in [-0.4, -0.2) is 19.2 Å². The van der Waals surface area contributed by atoms with Crippen molar-refractivity contribution in [2.45, 2.75) is 11.8 Å². The topological polar surface area (TPSA) is 31.4 Å². The minimum Gasteiger partial charge on any atom is -0.493 e. The van der Waals surface area contributed by atoms with Crippen molar-refractivity contribution in [1.29, 1.82) is 0 Å². The van der Waals surface area contributed by atoms with Gasteiger partial charge in [0.2, 0.25) is 0 Å². The SMILES string of the molecule is COc1ccc(CC(Cl)c2cccnc2)cc1OC. The lowest BCUT2D eigenvalue weighted by atomic mass is 10.0. The lowest BCUT2D eigenvalue weighted by Crippen LogP contribution is -1.98. The lowest BCUT2D eigenvalue weighted by molar-refractivity contribution is 0.354. The monoisotopic (exact) mass is 277 g/mol. The van der Waals surface area contributed by atoms with Crippen molar-refractivity contribution in [3.63, 3.8) is 0 Å². The Hall–Kier alpha value is -1.74. The fraction of sp³-hybridized carbons (Fsp3) is 0.267. The van der Waals surface area contributed by atoms with E-state index in [0.29, 0.717) is 6.42 Å². The maximum absolute atomic E-state index is 6.40. The number of pyridine rings is 1. The Labute approximate surface area is 118 Å². The van der Waals surface area contributed by atoms with E-state index in [4.69, 9.17) is 21.1 Å². The van der Waals surface area contributed by atoms with Crippen molar-refractivity contribution in [1.82, 2.24) is 4.98 Å². The summed E-state index contributed by atoms with van der Waals surface area (Å²) in [6, 6.07) is 9.70. The summed E-state index contributed by atoms with van der Waals surface area (Å²) < 4.78 is 10.5. The molecule has 0 fully saturated rings. The van der Waals surface area contributed by atoms with E-state index in [0.717, 1.165) is 22.6 Å². The van der Waals surface area contributed by atoms with Crippen molar-refractivity contribution >= 4 is 11.6 Å². The van der Waals surface area contributed by atoms with Crippen LogP contribution in [0.1, 0.15) is 16.5 Å². The first-order chi connectivity index (χ1) is 9.24. The number of hydrogen-bond acceptors (Lipinski definition) is 3. The van der Waals surface area contributed by atoms with Gasteiger partial charge in [-0.05, 0) is 35.7 Å². The number of hydrogen-bond donors (Lipinski definition) is 0. The molecule has 0 saturated carbocycles. The predicted octanol–water partition coefficient (Wildman–Crippen LogP) is 3.62. The molecule has 1 aromatic heterocycles. The van der Waals surface area contributed by atoms with Crippen LogP contribution in [0, 0.1) is 0 Å². The summed E-state index contributed by atoms with van der Waals surface area (Å²) in [6.07, 6.45) is 4.25. The molecule has 1 unspecified atom stereocenters. The van der Waals surface area contributed by atoms with Gasteiger partial charge in [0.15, 0.2) is 11.5 Å². The number of rotatable bonds is 5. The molecule has 0 spiro atoms. The average molecular weight is 278 g/mol. The van der Waals surface area contributed by atoms with Crippen molar-refractivity contribution in [2.24, 2.45) is 0 Å². The van der Waals surface area contributed by atoms with Crippen LogP contribution in [0.3, 0.4) is 0 Å². The van der Waals surface area contributed by atoms with E-state index in [-0.39, 0.29) is 5.38 Å². The van der Waals surface area contributed by atoms with E-state index in [9.17, 15) is 0 Å². The highest BCUT2D eigenvalue weighted by atomic mass is 35.5. The van der Waals surface area contributed by atoms with Crippen LogP contribution in [0.2, 0.25) is 0 Å². The first-order valence-electron chi connectivity index (χ1n) is 5.99. The third-order valence-corrected chi connectivity index (χ3v) is 3.32. The Morgan fingerprint density at radius 2 is 1.95 bits per heavy atom.